The number of phosphoric ester groups is 1. The van der Waals surface area contributed by atoms with Crippen molar-refractivity contribution in [3.63, 3.8) is 0 Å². The molecule has 0 aliphatic carbocycles. The highest BCUT2D eigenvalue weighted by Crippen LogP contribution is 2.43. The van der Waals surface area contributed by atoms with Crippen LogP contribution in [0.2, 0.25) is 0 Å². The fourth-order valence-electron chi connectivity index (χ4n) is 6.74. The largest absolute Gasteiger partial charge is 0.472 e. The first-order valence-corrected chi connectivity index (χ1v) is 28.9. The van der Waals surface area contributed by atoms with Crippen molar-refractivity contribution in [2.45, 2.75) is 213 Å². The fourth-order valence-corrected chi connectivity index (χ4v) is 7.53. The standard InChI is InChI=1S/C60H97O11P/c1-4-7-10-13-16-19-22-25-27-28-30-33-36-39-42-45-48-51-60(64)71-57(53-67-58(62)49-46-43-40-37-34-32-29-26-23-20-17-14-11-8-5-2)55-69-72(65,66)68-54-56(52-61)70-59(63)50-47-44-41-38-35-31-24-21-18-15-12-9-6-3/h7,9-10,12,16-21,25-27,29-31,33,35,41,44,56-57,61H,4-6,8,11,13-15,22-24,28,32,34,36-40,42-43,45-55H2,1-3H3,(H,65,66)/b10-7-,12-9-,19-16-,20-17-,21-18-,27-25-,29-26-,33-30-,35-31-,44-41-. The number of phosphoric acid groups is 1. The van der Waals surface area contributed by atoms with Gasteiger partial charge in [-0.15, -0.1) is 0 Å². The van der Waals surface area contributed by atoms with E-state index in [1.165, 1.54) is 19.3 Å². The molecule has 0 radical (unpaired) electrons. The summed E-state index contributed by atoms with van der Waals surface area (Å²) in [6.45, 7) is 4.23. The quantitative estimate of drug-likeness (QED) is 0.0197. The lowest BCUT2D eigenvalue weighted by molar-refractivity contribution is -0.161. The van der Waals surface area contributed by atoms with Gasteiger partial charge in [-0.05, 0) is 116 Å². The Hall–Kier alpha value is -4.12. The normalized spacial score (nSPS) is 14.3. The lowest BCUT2D eigenvalue weighted by Crippen LogP contribution is -2.30. The summed E-state index contributed by atoms with van der Waals surface area (Å²) < 4.78 is 39.3. The van der Waals surface area contributed by atoms with Gasteiger partial charge in [0.25, 0.3) is 0 Å². The topological polar surface area (TPSA) is 155 Å². The van der Waals surface area contributed by atoms with Gasteiger partial charge in [0, 0.05) is 19.3 Å². The van der Waals surface area contributed by atoms with Crippen LogP contribution >= 0.6 is 7.82 Å². The van der Waals surface area contributed by atoms with Crippen LogP contribution in [-0.2, 0) is 42.2 Å². The summed E-state index contributed by atoms with van der Waals surface area (Å²) >= 11 is 0. The molecule has 72 heavy (non-hydrogen) atoms. The second kappa shape index (κ2) is 53.2. The predicted molar refractivity (Wildman–Crippen MR) is 297 cm³/mol. The lowest BCUT2D eigenvalue weighted by atomic mass is 10.1. The van der Waals surface area contributed by atoms with Crippen LogP contribution in [0.1, 0.15) is 201 Å². The number of unbranched alkanes of at least 4 members (excludes halogenated alkanes) is 12. The van der Waals surface area contributed by atoms with Crippen LogP contribution in [0, 0.1) is 0 Å². The van der Waals surface area contributed by atoms with E-state index in [9.17, 15) is 28.9 Å². The third-order valence-corrected chi connectivity index (χ3v) is 11.8. The molecule has 0 bridgehead atoms. The molecule has 0 aromatic carbocycles. The van der Waals surface area contributed by atoms with Crippen molar-refractivity contribution in [2.24, 2.45) is 0 Å². The Labute approximate surface area is 437 Å². The predicted octanol–water partition coefficient (Wildman–Crippen LogP) is 16.0. The van der Waals surface area contributed by atoms with E-state index in [2.05, 4.69) is 124 Å². The lowest BCUT2D eigenvalue weighted by Gasteiger charge is -2.21. The van der Waals surface area contributed by atoms with Gasteiger partial charge < -0.3 is 24.2 Å². The van der Waals surface area contributed by atoms with E-state index in [1.807, 2.05) is 18.2 Å². The molecule has 2 N–H and O–H groups in total. The summed E-state index contributed by atoms with van der Waals surface area (Å²) in [7, 11) is -4.78. The van der Waals surface area contributed by atoms with Gasteiger partial charge in [0.05, 0.1) is 19.8 Å². The summed E-state index contributed by atoms with van der Waals surface area (Å²) in [5.41, 5.74) is 0. The van der Waals surface area contributed by atoms with Gasteiger partial charge >= 0.3 is 25.7 Å². The van der Waals surface area contributed by atoms with E-state index in [1.54, 1.807) is 0 Å². The van der Waals surface area contributed by atoms with Crippen molar-refractivity contribution in [1.29, 1.82) is 0 Å². The fraction of sp³-hybridized carbons (Fsp3) is 0.617. The molecule has 408 valence electrons. The summed E-state index contributed by atoms with van der Waals surface area (Å²) in [6.07, 6.45) is 64.6. The number of carbonyl (C=O) groups is 3. The molecule has 0 heterocycles. The Kier molecular flexibility index (Phi) is 50.1. The van der Waals surface area contributed by atoms with Crippen LogP contribution in [0.5, 0.6) is 0 Å². The second-order valence-electron chi connectivity index (χ2n) is 17.6. The average molecular weight is 1030 g/mol. The number of esters is 3. The van der Waals surface area contributed by atoms with Crippen molar-refractivity contribution < 1.29 is 52.2 Å². The monoisotopic (exact) mass is 1020 g/mol. The van der Waals surface area contributed by atoms with Crippen molar-refractivity contribution >= 4 is 25.7 Å². The zero-order valence-electron chi connectivity index (χ0n) is 44.8. The zero-order valence-corrected chi connectivity index (χ0v) is 45.7. The van der Waals surface area contributed by atoms with Crippen molar-refractivity contribution in [3.8, 4) is 0 Å². The van der Waals surface area contributed by atoms with E-state index >= 15 is 0 Å². The summed E-state index contributed by atoms with van der Waals surface area (Å²) in [6, 6.07) is 0. The molecule has 0 saturated heterocycles. The number of hydrogen-bond donors (Lipinski definition) is 2. The minimum Gasteiger partial charge on any atom is -0.462 e. The average Bonchev–Trinajstić information content (AvgIpc) is 3.37. The van der Waals surface area contributed by atoms with Gasteiger partial charge in [-0.1, -0.05) is 187 Å². The van der Waals surface area contributed by atoms with Crippen molar-refractivity contribution in [2.75, 3.05) is 26.4 Å². The van der Waals surface area contributed by atoms with Gasteiger partial charge in [-0.3, -0.25) is 23.4 Å². The first-order chi connectivity index (χ1) is 35.2. The Morgan fingerprint density at radius 2 is 0.750 bits per heavy atom. The number of allylic oxidation sites excluding steroid dienone is 20. The Morgan fingerprint density at radius 1 is 0.403 bits per heavy atom. The van der Waals surface area contributed by atoms with Gasteiger partial charge in [-0.2, -0.15) is 0 Å². The van der Waals surface area contributed by atoms with E-state index in [4.69, 9.17) is 23.3 Å². The van der Waals surface area contributed by atoms with Crippen molar-refractivity contribution in [3.05, 3.63) is 122 Å². The molecular weight excluding hydrogens is 928 g/mol. The minimum absolute atomic E-state index is 0.0470. The molecule has 3 atom stereocenters. The zero-order chi connectivity index (χ0) is 52.7. The van der Waals surface area contributed by atoms with Crippen LogP contribution in [0.4, 0.5) is 0 Å². The molecule has 0 saturated carbocycles. The molecule has 11 nitrogen and oxygen atoms in total. The summed E-state index contributed by atoms with van der Waals surface area (Å²) in [4.78, 5) is 48.4. The molecule has 0 fully saturated rings. The maximum Gasteiger partial charge on any atom is 0.472 e. The number of hydrogen-bond acceptors (Lipinski definition) is 10. The molecular formula is C60H97O11P. The molecule has 0 spiro atoms. The Bertz CT molecular complexity index is 1670. The minimum atomic E-state index is -4.78. The number of carbonyl (C=O) groups excluding carboxylic acids is 3. The number of aliphatic hydroxyl groups is 1. The maximum atomic E-state index is 12.9. The molecule has 0 aliphatic rings. The number of aliphatic hydroxyl groups excluding tert-OH is 1. The highest BCUT2D eigenvalue weighted by molar-refractivity contribution is 7.47. The van der Waals surface area contributed by atoms with Gasteiger partial charge in [0.15, 0.2) is 6.10 Å². The molecule has 12 heteroatoms. The number of rotatable bonds is 49. The molecule has 0 aliphatic heterocycles. The molecule has 3 unspecified atom stereocenters. The smallest absolute Gasteiger partial charge is 0.462 e. The van der Waals surface area contributed by atoms with E-state index in [-0.39, 0.29) is 25.9 Å². The van der Waals surface area contributed by atoms with E-state index < -0.39 is 57.8 Å². The first kappa shape index (κ1) is 67.9. The van der Waals surface area contributed by atoms with Crippen LogP contribution in [0.15, 0.2) is 122 Å². The SMILES string of the molecule is CC/C=C\C/C=C\C/C=C\C/C=C\CCCCCCC(=O)OC(COC(=O)CCCCCCC/C=C\C/C=C\CCCCC)COP(=O)(O)OCC(CO)OC(=O)CC/C=C\C/C=C\C/C=C\C/C=C\CC. The summed E-state index contributed by atoms with van der Waals surface area (Å²) in [5, 5.41) is 9.78. The second-order valence-corrected chi connectivity index (χ2v) is 19.1. The van der Waals surface area contributed by atoms with Crippen LogP contribution in [0.3, 0.4) is 0 Å². The van der Waals surface area contributed by atoms with Crippen LogP contribution in [0.25, 0.3) is 0 Å². The van der Waals surface area contributed by atoms with Gasteiger partial charge in [0.2, 0.25) is 0 Å². The van der Waals surface area contributed by atoms with Crippen LogP contribution in [-0.4, -0.2) is 66.5 Å². The highest BCUT2D eigenvalue weighted by Gasteiger charge is 2.28. The van der Waals surface area contributed by atoms with Gasteiger partial charge in [-0.25, -0.2) is 4.57 Å². The highest BCUT2D eigenvalue weighted by atomic mass is 31.2. The number of ether oxygens (including phenoxy) is 3. The van der Waals surface area contributed by atoms with Gasteiger partial charge in [0.1, 0.15) is 12.7 Å². The first-order valence-electron chi connectivity index (χ1n) is 27.4. The Morgan fingerprint density at radius 3 is 1.19 bits per heavy atom. The molecule has 0 rings (SSSR count). The third kappa shape index (κ3) is 50.8. The van der Waals surface area contributed by atoms with Crippen molar-refractivity contribution in [1.82, 2.24) is 0 Å². The van der Waals surface area contributed by atoms with E-state index in [0.717, 1.165) is 122 Å². The molecule has 0 amide bonds. The Balaban J connectivity index is 4.89. The van der Waals surface area contributed by atoms with E-state index in [0.29, 0.717) is 19.3 Å². The molecule has 0 aromatic heterocycles. The molecule has 0 aromatic rings. The third-order valence-electron chi connectivity index (χ3n) is 10.9. The summed E-state index contributed by atoms with van der Waals surface area (Å²) in [5.74, 6) is -1.61. The maximum absolute atomic E-state index is 12.9. The van der Waals surface area contributed by atoms with Crippen LogP contribution < -0.4 is 0 Å².